The zero-order chi connectivity index (χ0) is 22.4. The number of benzene rings is 3. The van der Waals surface area contributed by atoms with Crippen molar-refractivity contribution in [3.8, 4) is 0 Å². The molecule has 0 heterocycles. The van der Waals surface area contributed by atoms with E-state index < -0.39 is 15.9 Å². The van der Waals surface area contributed by atoms with Crippen LogP contribution in [0.5, 0.6) is 0 Å². The zero-order valence-corrected chi connectivity index (χ0v) is 18.2. The van der Waals surface area contributed by atoms with E-state index in [-0.39, 0.29) is 22.0 Å². The summed E-state index contributed by atoms with van der Waals surface area (Å²) >= 11 is 0. The molecule has 162 valence electrons. The Morgan fingerprint density at radius 2 is 1.58 bits per heavy atom. The van der Waals surface area contributed by atoms with Gasteiger partial charge in [-0.15, -0.1) is 0 Å². The fourth-order valence-electron chi connectivity index (χ4n) is 3.07. The van der Waals surface area contributed by atoms with Gasteiger partial charge in [0.15, 0.2) is 0 Å². The number of sulfonamides is 1. The minimum Gasteiger partial charge on any atom is -0.352 e. The van der Waals surface area contributed by atoms with Crippen LogP contribution in [0.25, 0.3) is 0 Å². The maximum atomic E-state index is 13.0. The van der Waals surface area contributed by atoms with Crippen LogP contribution in [0, 0.1) is 5.82 Å². The van der Waals surface area contributed by atoms with Crippen LogP contribution in [0.2, 0.25) is 0 Å². The highest BCUT2D eigenvalue weighted by Gasteiger charge is 2.18. The molecule has 7 heteroatoms. The average Bonchev–Trinajstić information content (AvgIpc) is 2.75. The summed E-state index contributed by atoms with van der Waals surface area (Å²) in [6.07, 6.45) is 0.530. The van der Waals surface area contributed by atoms with E-state index in [2.05, 4.69) is 10.0 Å². The second-order valence-corrected chi connectivity index (χ2v) is 9.19. The Morgan fingerprint density at radius 1 is 0.935 bits per heavy atom. The molecule has 0 saturated carbocycles. The van der Waals surface area contributed by atoms with Crippen molar-refractivity contribution in [2.24, 2.45) is 0 Å². The van der Waals surface area contributed by atoms with Crippen LogP contribution in [0.3, 0.4) is 0 Å². The Bertz CT molecular complexity index is 1140. The molecule has 0 unspecified atom stereocenters. The van der Waals surface area contributed by atoms with Gasteiger partial charge in [0.25, 0.3) is 15.9 Å². The van der Waals surface area contributed by atoms with Gasteiger partial charge in [-0.2, -0.15) is 0 Å². The second-order valence-electron chi connectivity index (χ2n) is 7.51. The summed E-state index contributed by atoms with van der Waals surface area (Å²) in [5.74, 6) is -0.410. The zero-order valence-electron chi connectivity index (χ0n) is 17.4. The van der Waals surface area contributed by atoms with E-state index in [9.17, 15) is 17.6 Å². The lowest BCUT2D eigenvalue weighted by molar-refractivity contribution is 0.0955. The molecule has 0 aliphatic carbocycles. The molecule has 0 radical (unpaired) electrons. The minimum absolute atomic E-state index is 0.128. The summed E-state index contributed by atoms with van der Waals surface area (Å²) in [7, 11) is -3.84. The molecule has 0 aromatic heterocycles. The number of anilines is 1. The van der Waals surface area contributed by atoms with E-state index in [1.54, 1.807) is 60.7 Å². The van der Waals surface area contributed by atoms with Crippen molar-refractivity contribution in [2.45, 2.75) is 31.1 Å². The first-order valence-electron chi connectivity index (χ1n) is 10.0. The molecule has 2 N–H and O–H groups in total. The largest absolute Gasteiger partial charge is 0.352 e. The summed E-state index contributed by atoms with van der Waals surface area (Å²) in [5, 5.41) is 2.78. The third-order valence-corrected chi connectivity index (χ3v) is 6.27. The maximum Gasteiger partial charge on any atom is 0.261 e. The highest BCUT2D eigenvalue weighted by Crippen LogP contribution is 2.22. The number of para-hydroxylation sites is 1. The molecule has 0 atom stereocenters. The van der Waals surface area contributed by atoms with E-state index in [4.69, 9.17) is 0 Å². The number of amides is 1. The van der Waals surface area contributed by atoms with Crippen LogP contribution < -0.4 is 10.0 Å². The van der Waals surface area contributed by atoms with Crippen molar-refractivity contribution >= 4 is 21.6 Å². The normalized spacial score (nSPS) is 11.4. The number of carbonyl (C=O) groups is 1. The molecular formula is C24H25FN2O3S. The van der Waals surface area contributed by atoms with Crippen molar-refractivity contribution in [3.63, 3.8) is 0 Å². The van der Waals surface area contributed by atoms with Gasteiger partial charge in [0.2, 0.25) is 0 Å². The standard InChI is InChI=1S/C24H25FN2O3S/c1-17(2)19-9-13-21(14-10-19)31(29,30)27-23-6-4-3-5-22(23)24(28)26-16-15-18-7-11-20(25)12-8-18/h3-14,17,27H,15-16H2,1-2H3,(H,26,28). The second kappa shape index (κ2) is 9.75. The molecule has 0 bridgehead atoms. The van der Waals surface area contributed by atoms with E-state index in [1.807, 2.05) is 13.8 Å². The summed E-state index contributed by atoms with van der Waals surface area (Å²) in [4.78, 5) is 12.8. The highest BCUT2D eigenvalue weighted by molar-refractivity contribution is 7.92. The van der Waals surface area contributed by atoms with E-state index in [0.717, 1.165) is 11.1 Å². The number of nitrogens with one attached hydrogen (secondary N) is 2. The molecule has 0 saturated heterocycles. The van der Waals surface area contributed by atoms with Crippen molar-refractivity contribution in [2.75, 3.05) is 11.3 Å². The third kappa shape index (κ3) is 5.92. The van der Waals surface area contributed by atoms with Gasteiger partial charge in [-0.3, -0.25) is 9.52 Å². The molecule has 3 rings (SSSR count). The molecular weight excluding hydrogens is 415 g/mol. The Kier molecular flexibility index (Phi) is 7.07. The lowest BCUT2D eigenvalue weighted by Gasteiger charge is -2.13. The van der Waals surface area contributed by atoms with Crippen LogP contribution in [0.1, 0.15) is 41.3 Å². The number of hydrogen-bond donors (Lipinski definition) is 2. The number of hydrogen-bond acceptors (Lipinski definition) is 3. The first-order valence-corrected chi connectivity index (χ1v) is 11.5. The van der Waals surface area contributed by atoms with Gasteiger partial charge in [-0.05, 0) is 59.9 Å². The third-order valence-electron chi connectivity index (χ3n) is 4.89. The van der Waals surface area contributed by atoms with Crippen molar-refractivity contribution in [3.05, 3.63) is 95.3 Å². The Hall–Kier alpha value is -3.19. The molecule has 1 amide bonds. The van der Waals surface area contributed by atoms with Gasteiger partial charge in [0, 0.05) is 6.54 Å². The summed E-state index contributed by atoms with van der Waals surface area (Å²) in [6, 6.07) is 19.2. The number of rotatable bonds is 8. The smallest absolute Gasteiger partial charge is 0.261 e. The fraction of sp³-hybridized carbons (Fsp3) is 0.208. The maximum absolute atomic E-state index is 13.0. The van der Waals surface area contributed by atoms with E-state index in [0.29, 0.717) is 18.9 Å². The quantitative estimate of drug-likeness (QED) is 0.532. The first kappa shape index (κ1) is 22.5. The van der Waals surface area contributed by atoms with Gasteiger partial charge >= 0.3 is 0 Å². The number of halogens is 1. The monoisotopic (exact) mass is 440 g/mol. The molecule has 5 nitrogen and oxygen atoms in total. The lowest BCUT2D eigenvalue weighted by Crippen LogP contribution is -2.27. The van der Waals surface area contributed by atoms with Gasteiger partial charge in [-0.1, -0.05) is 50.2 Å². The van der Waals surface area contributed by atoms with Gasteiger partial charge < -0.3 is 5.32 Å². The van der Waals surface area contributed by atoms with Gasteiger partial charge in [-0.25, -0.2) is 12.8 Å². The lowest BCUT2D eigenvalue weighted by atomic mass is 10.0. The van der Waals surface area contributed by atoms with Gasteiger partial charge in [0.1, 0.15) is 5.82 Å². The van der Waals surface area contributed by atoms with Crippen LogP contribution in [-0.4, -0.2) is 20.9 Å². The van der Waals surface area contributed by atoms with Crippen molar-refractivity contribution < 1.29 is 17.6 Å². The molecule has 31 heavy (non-hydrogen) atoms. The van der Waals surface area contributed by atoms with E-state index >= 15 is 0 Å². The number of carbonyl (C=O) groups excluding carboxylic acids is 1. The summed E-state index contributed by atoms with van der Waals surface area (Å²) in [6.45, 7) is 4.40. The Labute approximate surface area is 182 Å². The molecule has 3 aromatic carbocycles. The molecule has 0 aliphatic heterocycles. The summed E-state index contributed by atoms with van der Waals surface area (Å²) < 4.78 is 41.1. The summed E-state index contributed by atoms with van der Waals surface area (Å²) in [5.41, 5.74) is 2.36. The predicted octanol–water partition coefficient (Wildman–Crippen LogP) is 4.72. The van der Waals surface area contributed by atoms with Crippen LogP contribution in [0.15, 0.2) is 77.7 Å². The molecule has 0 aliphatic rings. The van der Waals surface area contributed by atoms with Crippen LogP contribution in [0.4, 0.5) is 10.1 Å². The molecule has 0 spiro atoms. The SMILES string of the molecule is CC(C)c1ccc(S(=O)(=O)Nc2ccccc2C(=O)NCCc2ccc(F)cc2)cc1. The Balaban J connectivity index is 1.70. The van der Waals surface area contributed by atoms with Crippen molar-refractivity contribution in [1.82, 2.24) is 5.32 Å². The van der Waals surface area contributed by atoms with Crippen LogP contribution in [-0.2, 0) is 16.4 Å². The van der Waals surface area contributed by atoms with Gasteiger partial charge in [0.05, 0.1) is 16.1 Å². The molecule has 0 fully saturated rings. The first-order chi connectivity index (χ1) is 14.8. The Morgan fingerprint density at radius 3 is 2.23 bits per heavy atom. The van der Waals surface area contributed by atoms with Crippen molar-refractivity contribution in [1.29, 1.82) is 0 Å². The minimum atomic E-state index is -3.84. The fourth-order valence-corrected chi connectivity index (χ4v) is 4.15. The predicted molar refractivity (Wildman–Crippen MR) is 120 cm³/mol. The topological polar surface area (TPSA) is 75.3 Å². The highest BCUT2D eigenvalue weighted by atomic mass is 32.2. The molecule has 3 aromatic rings. The average molecular weight is 441 g/mol. The van der Waals surface area contributed by atoms with E-state index in [1.165, 1.54) is 12.1 Å². The van der Waals surface area contributed by atoms with Crippen LogP contribution >= 0.6 is 0 Å².